The van der Waals surface area contributed by atoms with Gasteiger partial charge in [0.1, 0.15) is 11.6 Å². The molecule has 0 radical (unpaired) electrons. The number of ketones is 1. The van der Waals surface area contributed by atoms with Crippen molar-refractivity contribution in [3.63, 3.8) is 0 Å². The molecular weight excluding hydrogens is 222 g/mol. The Morgan fingerprint density at radius 1 is 1.62 bits per heavy atom. The highest BCUT2D eigenvalue weighted by Crippen LogP contribution is 2.25. The molecule has 2 heterocycles. The number of piperidine rings is 1. The van der Waals surface area contributed by atoms with E-state index in [1.54, 1.807) is 6.92 Å². The third-order valence-corrected chi connectivity index (χ3v) is 3.86. The van der Waals surface area contributed by atoms with Crippen LogP contribution in [-0.4, -0.2) is 28.2 Å². The number of aromatic nitrogens is 2. The van der Waals surface area contributed by atoms with Gasteiger partial charge in [-0.3, -0.25) is 4.79 Å². The maximum Gasteiger partial charge on any atom is 0.205 e. The highest BCUT2D eigenvalue weighted by Gasteiger charge is 2.25. The monoisotopic (exact) mass is 239 g/mol. The fourth-order valence-electron chi connectivity index (χ4n) is 2.00. The molecule has 1 aromatic rings. The number of aryl methyl sites for hydroxylation is 1. The Kier molecular flexibility index (Phi) is 3.53. The van der Waals surface area contributed by atoms with Crippen LogP contribution in [0, 0.1) is 5.92 Å². The predicted octanol–water partition coefficient (Wildman–Crippen LogP) is 1.91. The Hall–Kier alpha value is -0.970. The largest absolute Gasteiger partial charge is 0.346 e. The fourth-order valence-corrected chi connectivity index (χ4v) is 2.78. The van der Waals surface area contributed by atoms with Crippen LogP contribution in [0.1, 0.15) is 32.5 Å². The summed E-state index contributed by atoms with van der Waals surface area (Å²) in [6, 6.07) is 0. The number of anilines is 1. The van der Waals surface area contributed by atoms with Crippen molar-refractivity contribution in [1.82, 2.24) is 9.36 Å². The maximum absolute atomic E-state index is 11.4. The zero-order valence-corrected chi connectivity index (χ0v) is 10.6. The molecule has 16 heavy (non-hydrogen) atoms. The normalized spacial score (nSPS) is 21.1. The Balaban J connectivity index is 2.06. The molecule has 0 bridgehead atoms. The zero-order chi connectivity index (χ0) is 11.5. The number of nitrogens with zero attached hydrogens (tertiary/aromatic N) is 3. The van der Waals surface area contributed by atoms with E-state index in [-0.39, 0.29) is 5.92 Å². The summed E-state index contributed by atoms with van der Waals surface area (Å²) in [5, 5.41) is 0.975. The Morgan fingerprint density at radius 2 is 2.44 bits per heavy atom. The van der Waals surface area contributed by atoms with E-state index in [0.717, 1.165) is 43.3 Å². The second kappa shape index (κ2) is 4.91. The van der Waals surface area contributed by atoms with Gasteiger partial charge in [-0.15, -0.1) is 0 Å². The summed E-state index contributed by atoms with van der Waals surface area (Å²) in [5.74, 6) is 1.39. The molecule has 0 aromatic carbocycles. The lowest BCUT2D eigenvalue weighted by Crippen LogP contribution is -2.38. The number of rotatable bonds is 3. The molecule has 1 atom stereocenters. The van der Waals surface area contributed by atoms with Crippen LogP contribution < -0.4 is 4.90 Å². The van der Waals surface area contributed by atoms with Gasteiger partial charge in [0.25, 0.3) is 0 Å². The van der Waals surface area contributed by atoms with E-state index in [1.165, 1.54) is 11.5 Å². The van der Waals surface area contributed by atoms with Crippen LogP contribution in [0.15, 0.2) is 0 Å². The van der Waals surface area contributed by atoms with Crippen LogP contribution >= 0.6 is 11.5 Å². The van der Waals surface area contributed by atoms with Crippen LogP contribution in [0.5, 0.6) is 0 Å². The third-order valence-electron chi connectivity index (χ3n) is 3.04. The Morgan fingerprint density at radius 3 is 3.06 bits per heavy atom. The second-order valence-corrected chi connectivity index (χ2v) is 4.97. The molecule has 2 rings (SSSR count). The smallest absolute Gasteiger partial charge is 0.205 e. The van der Waals surface area contributed by atoms with Gasteiger partial charge in [0.05, 0.1) is 0 Å². The van der Waals surface area contributed by atoms with Gasteiger partial charge in [0.15, 0.2) is 0 Å². The molecular formula is C11H17N3OS. The summed E-state index contributed by atoms with van der Waals surface area (Å²) in [5.41, 5.74) is 0. The molecule has 4 nitrogen and oxygen atoms in total. The quantitative estimate of drug-likeness (QED) is 0.808. The van der Waals surface area contributed by atoms with E-state index in [2.05, 4.69) is 21.2 Å². The molecule has 0 amide bonds. The molecule has 1 aromatic heterocycles. The second-order valence-electron chi connectivity index (χ2n) is 4.24. The van der Waals surface area contributed by atoms with E-state index in [1.807, 2.05) is 0 Å². The van der Waals surface area contributed by atoms with Gasteiger partial charge in [0, 0.05) is 37.0 Å². The first kappa shape index (κ1) is 11.5. The maximum atomic E-state index is 11.4. The van der Waals surface area contributed by atoms with Crippen LogP contribution in [0.25, 0.3) is 0 Å². The molecule has 0 spiro atoms. The molecule has 5 heteroatoms. The van der Waals surface area contributed by atoms with Crippen molar-refractivity contribution in [2.45, 2.75) is 33.1 Å². The first-order valence-corrected chi connectivity index (χ1v) is 6.56. The fraction of sp³-hybridized carbons (Fsp3) is 0.727. The lowest BCUT2D eigenvalue weighted by molar-refractivity contribution is -0.120. The molecule has 1 unspecified atom stereocenters. The topological polar surface area (TPSA) is 46.1 Å². The number of carbonyl (C=O) groups excluding carboxylic acids is 1. The first-order chi connectivity index (χ1) is 7.70. The summed E-state index contributed by atoms with van der Waals surface area (Å²) in [7, 11) is 0. The minimum atomic E-state index is 0.183. The Labute approximate surface area is 99.9 Å². The van der Waals surface area contributed by atoms with E-state index in [0.29, 0.717) is 5.78 Å². The van der Waals surface area contributed by atoms with Crippen LogP contribution in [-0.2, 0) is 11.2 Å². The SMILES string of the molecule is CCc1nsc(N2CCCC(C(C)=O)C2)n1. The molecule has 0 N–H and O–H groups in total. The zero-order valence-electron chi connectivity index (χ0n) is 9.77. The minimum absolute atomic E-state index is 0.183. The molecule has 1 aliphatic rings. The average Bonchev–Trinajstić information content (AvgIpc) is 2.77. The highest BCUT2D eigenvalue weighted by atomic mass is 32.1. The number of Topliss-reactive ketones (excluding diaryl/α,β-unsaturated/α-hetero) is 1. The van der Waals surface area contributed by atoms with Gasteiger partial charge in [-0.25, -0.2) is 4.98 Å². The summed E-state index contributed by atoms with van der Waals surface area (Å²) < 4.78 is 4.28. The van der Waals surface area contributed by atoms with Crippen LogP contribution in [0.4, 0.5) is 5.13 Å². The molecule has 88 valence electrons. The van der Waals surface area contributed by atoms with E-state index < -0.39 is 0 Å². The van der Waals surface area contributed by atoms with Crippen molar-refractivity contribution in [1.29, 1.82) is 0 Å². The van der Waals surface area contributed by atoms with E-state index in [4.69, 9.17) is 0 Å². The van der Waals surface area contributed by atoms with Crippen molar-refractivity contribution in [3.8, 4) is 0 Å². The average molecular weight is 239 g/mol. The third kappa shape index (κ3) is 2.40. The van der Waals surface area contributed by atoms with Gasteiger partial charge in [-0.2, -0.15) is 4.37 Å². The first-order valence-electron chi connectivity index (χ1n) is 5.78. The van der Waals surface area contributed by atoms with E-state index >= 15 is 0 Å². The summed E-state index contributed by atoms with van der Waals surface area (Å²) in [4.78, 5) is 18.0. The summed E-state index contributed by atoms with van der Waals surface area (Å²) >= 11 is 1.45. The number of hydrogen-bond donors (Lipinski definition) is 0. The Bertz CT molecular complexity index is 377. The highest BCUT2D eigenvalue weighted by molar-refractivity contribution is 7.09. The van der Waals surface area contributed by atoms with Crippen molar-refractivity contribution in [2.75, 3.05) is 18.0 Å². The molecule has 1 fully saturated rings. The molecule has 1 aliphatic heterocycles. The standard InChI is InChI=1S/C11H17N3OS/c1-3-10-12-11(16-13-10)14-6-4-5-9(7-14)8(2)15/h9H,3-7H2,1-2H3. The van der Waals surface area contributed by atoms with Crippen LogP contribution in [0.2, 0.25) is 0 Å². The number of hydrogen-bond acceptors (Lipinski definition) is 5. The number of carbonyl (C=O) groups is 1. The van der Waals surface area contributed by atoms with Crippen molar-refractivity contribution >= 4 is 22.4 Å². The summed E-state index contributed by atoms with van der Waals surface area (Å²) in [6.07, 6.45) is 2.97. The molecule has 0 aliphatic carbocycles. The van der Waals surface area contributed by atoms with Gasteiger partial charge in [0.2, 0.25) is 5.13 Å². The van der Waals surface area contributed by atoms with E-state index in [9.17, 15) is 4.79 Å². The lowest BCUT2D eigenvalue weighted by Gasteiger charge is -2.30. The van der Waals surface area contributed by atoms with Gasteiger partial charge < -0.3 is 4.90 Å². The summed E-state index contributed by atoms with van der Waals surface area (Å²) in [6.45, 7) is 5.56. The van der Waals surface area contributed by atoms with Gasteiger partial charge >= 0.3 is 0 Å². The molecule has 0 saturated carbocycles. The van der Waals surface area contributed by atoms with Gasteiger partial charge in [-0.1, -0.05) is 6.92 Å². The lowest BCUT2D eigenvalue weighted by atomic mass is 9.95. The van der Waals surface area contributed by atoms with Crippen LogP contribution in [0.3, 0.4) is 0 Å². The van der Waals surface area contributed by atoms with Crippen molar-refractivity contribution in [2.24, 2.45) is 5.92 Å². The predicted molar refractivity (Wildman–Crippen MR) is 64.9 cm³/mol. The van der Waals surface area contributed by atoms with Crippen molar-refractivity contribution in [3.05, 3.63) is 5.82 Å². The van der Waals surface area contributed by atoms with Crippen molar-refractivity contribution < 1.29 is 4.79 Å². The minimum Gasteiger partial charge on any atom is -0.346 e. The van der Waals surface area contributed by atoms with Gasteiger partial charge in [-0.05, 0) is 19.8 Å². The molecule has 1 saturated heterocycles.